The molecule has 0 amide bonds. The zero-order valence-electron chi connectivity index (χ0n) is 10.8. The van der Waals surface area contributed by atoms with Gasteiger partial charge >= 0.3 is 0 Å². The van der Waals surface area contributed by atoms with Crippen LogP contribution in [0.2, 0.25) is 5.02 Å². The van der Waals surface area contributed by atoms with Crippen molar-refractivity contribution in [3.8, 4) is 5.69 Å². The molecular weight excluding hydrogens is 269 g/mol. The Balaban J connectivity index is 2.48. The van der Waals surface area contributed by atoms with Crippen LogP contribution in [0.5, 0.6) is 0 Å². The van der Waals surface area contributed by atoms with Crippen LogP contribution in [-0.2, 0) is 13.0 Å². The first-order valence-corrected chi connectivity index (χ1v) is 6.40. The fourth-order valence-corrected chi connectivity index (χ4v) is 2.05. The van der Waals surface area contributed by atoms with E-state index in [4.69, 9.17) is 11.6 Å². The lowest BCUT2D eigenvalue weighted by molar-refractivity contribution is 0.275. The molecule has 0 aliphatic rings. The third-order valence-electron chi connectivity index (χ3n) is 2.74. The number of hydrogen-bond acceptors (Lipinski definition) is 3. The first-order valence-electron chi connectivity index (χ1n) is 6.02. The minimum absolute atomic E-state index is 0.0362. The molecule has 0 aliphatic heterocycles. The Bertz CT molecular complexity index is 583. The number of nitrogens with zero attached hydrogens (tertiary/aromatic N) is 3. The molecule has 1 aromatic carbocycles. The summed E-state index contributed by atoms with van der Waals surface area (Å²) in [4.78, 5) is 0. The maximum Gasteiger partial charge on any atom is 0.141 e. The molecule has 0 atom stereocenters. The quantitative estimate of drug-likeness (QED) is 0.939. The highest BCUT2D eigenvalue weighted by atomic mass is 35.5. The number of aliphatic hydroxyl groups excluding tert-OH is 1. The van der Waals surface area contributed by atoms with Crippen molar-refractivity contribution in [3.05, 3.63) is 40.4 Å². The van der Waals surface area contributed by atoms with Gasteiger partial charge < -0.3 is 5.11 Å². The third kappa shape index (κ3) is 2.93. The summed E-state index contributed by atoms with van der Waals surface area (Å²) in [5.41, 5.74) is 1.99. The summed E-state index contributed by atoms with van der Waals surface area (Å²) in [6.45, 7) is 3.96. The summed E-state index contributed by atoms with van der Waals surface area (Å²) >= 11 is 5.78. The molecule has 2 aromatic rings. The molecule has 0 saturated carbocycles. The zero-order valence-corrected chi connectivity index (χ0v) is 11.5. The lowest BCUT2D eigenvalue weighted by Gasteiger charge is -2.10. The highest BCUT2D eigenvalue weighted by molar-refractivity contribution is 6.30. The van der Waals surface area contributed by atoms with Crippen LogP contribution in [-0.4, -0.2) is 20.1 Å². The molecule has 0 fully saturated rings. The number of aromatic nitrogens is 3. The zero-order chi connectivity index (χ0) is 14.0. The van der Waals surface area contributed by atoms with E-state index in [1.165, 1.54) is 12.1 Å². The second-order valence-electron chi connectivity index (χ2n) is 4.75. The molecule has 2 rings (SSSR count). The number of halogens is 2. The Morgan fingerprint density at radius 3 is 2.74 bits per heavy atom. The van der Waals surface area contributed by atoms with Gasteiger partial charge in [-0.25, -0.2) is 9.07 Å². The molecule has 1 aromatic heterocycles. The molecule has 4 nitrogen and oxygen atoms in total. The second-order valence-corrected chi connectivity index (χ2v) is 5.16. The van der Waals surface area contributed by atoms with Crippen molar-refractivity contribution in [2.24, 2.45) is 5.92 Å². The van der Waals surface area contributed by atoms with Crippen molar-refractivity contribution < 1.29 is 9.50 Å². The van der Waals surface area contributed by atoms with E-state index in [0.717, 1.165) is 12.1 Å². The maximum absolute atomic E-state index is 13.2. The predicted octanol–water partition coefficient (Wildman–Crippen LogP) is 2.75. The molecule has 0 aliphatic carbocycles. The van der Waals surface area contributed by atoms with E-state index in [-0.39, 0.29) is 11.6 Å². The summed E-state index contributed by atoms with van der Waals surface area (Å²) < 4.78 is 14.8. The van der Waals surface area contributed by atoms with Gasteiger partial charge in [0.25, 0.3) is 0 Å². The average Bonchev–Trinajstić information content (AvgIpc) is 2.75. The lowest BCUT2D eigenvalue weighted by atomic mass is 10.1. The second kappa shape index (κ2) is 5.67. The Labute approximate surface area is 115 Å². The standard InChI is InChI=1S/C13H15ClFN3O/c1-8(2)5-13-12(7-19)16-17-18(13)9-3-4-11(15)10(14)6-9/h3-4,6,8,19H,5,7H2,1-2H3. The van der Waals surface area contributed by atoms with E-state index in [9.17, 15) is 9.50 Å². The molecule has 1 N–H and O–H groups in total. The minimum Gasteiger partial charge on any atom is -0.390 e. The average molecular weight is 284 g/mol. The first kappa shape index (κ1) is 14.0. The van der Waals surface area contributed by atoms with Crippen LogP contribution in [0.15, 0.2) is 18.2 Å². The molecule has 6 heteroatoms. The van der Waals surface area contributed by atoms with E-state index in [2.05, 4.69) is 24.2 Å². The van der Waals surface area contributed by atoms with E-state index < -0.39 is 5.82 Å². The van der Waals surface area contributed by atoms with Crippen LogP contribution in [0.25, 0.3) is 5.69 Å². The van der Waals surface area contributed by atoms with Gasteiger partial charge in [0.1, 0.15) is 11.5 Å². The van der Waals surface area contributed by atoms with Gasteiger partial charge in [-0.3, -0.25) is 0 Å². The number of aliphatic hydroxyl groups is 1. The Morgan fingerprint density at radius 1 is 1.42 bits per heavy atom. The van der Waals surface area contributed by atoms with E-state index in [1.54, 1.807) is 10.7 Å². The van der Waals surface area contributed by atoms with E-state index in [0.29, 0.717) is 17.3 Å². The van der Waals surface area contributed by atoms with Gasteiger partial charge in [0.05, 0.1) is 23.0 Å². The highest BCUT2D eigenvalue weighted by Gasteiger charge is 2.15. The molecule has 0 unspecified atom stereocenters. The van der Waals surface area contributed by atoms with Crippen molar-refractivity contribution in [3.63, 3.8) is 0 Å². The molecule has 0 spiro atoms. The first-order chi connectivity index (χ1) is 9.02. The topological polar surface area (TPSA) is 50.9 Å². The summed E-state index contributed by atoms with van der Waals surface area (Å²) in [5, 5.41) is 17.3. The van der Waals surface area contributed by atoms with Crippen LogP contribution in [0.1, 0.15) is 25.2 Å². The summed E-state index contributed by atoms with van der Waals surface area (Å²) in [6, 6.07) is 4.37. The smallest absolute Gasteiger partial charge is 0.141 e. The summed E-state index contributed by atoms with van der Waals surface area (Å²) in [7, 11) is 0. The van der Waals surface area contributed by atoms with Crippen LogP contribution in [0.3, 0.4) is 0 Å². The molecule has 0 saturated heterocycles. The van der Waals surface area contributed by atoms with Crippen LogP contribution in [0.4, 0.5) is 4.39 Å². The highest BCUT2D eigenvalue weighted by Crippen LogP contribution is 2.21. The lowest BCUT2D eigenvalue weighted by Crippen LogP contribution is -2.07. The molecular formula is C13H15ClFN3O. The number of rotatable bonds is 4. The van der Waals surface area contributed by atoms with Crippen molar-refractivity contribution >= 4 is 11.6 Å². The SMILES string of the molecule is CC(C)Cc1c(CO)nnn1-c1ccc(F)c(Cl)c1. The van der Waals surface area contributed by atoms with Crippen LogP contribution < -0.4 is 0 Å². The molecule has 0 bridgehead atoms. The number of hydrogen-bond donors (Lipinski definition) is 1. The van der Waals surface area contributed by atoms with Crippen molar-refractivity contribution in [1.82, 2.24) is 15.0 Å². The van der Waals surface area contributed by atoms with Gasteiger partial charge in [-0.15, -0.1) is 5.10 Å². The van der Waals surface area contributed by atoms with Crippen LogP contribution >= 0.6 is 11.6 Å². The van der Waals surface area contributed by atoms with E-state index >= 15 is 0 Å². The van der Waals surface area contributed by atoms with Crippen molar-refractivity contribution in [2.75, 3.05) is 0 Å². The molecule has 19 heavy (non-hydrogen) atoms. The summed E-state index contributed by atoms with van der Waals surface area (Å²) in [5.74, 6) is -0.0863. The minimum atomic E-state index is -0.474. The molecule has 102 valence electrons. The van der Waals surface area contributed by atoms with Crippen molar-refractivity contribution in [2.45, 2.75) is 26.9 Å². The molecule has 0 radical (unpaired) electrons. The largest absolute Gasteiger partial charge is 0.390 e. The molecule has 1 heterocycles. The Morgan fingerprint density at radius 2 is 2.16 bits per heavy atom. The van der Waals surface area contributed by atoms with Gasteiger partial charge in [0, 0.05) is 0 Å². The van der Waals surface area contributed by atoms with Gasteiger partial charge in [-0.1, -0.05) is 30.7 Å². The fourth-order valence-electron chi connectivity index (χ4n) is 1.87. The monoisotopic (exact) mass is 283 g/mol. The van der Waals surface area contributed by atoms with Crippen LogP contribution in [0, 0.1) is 11.7 Å². The van der Waals surface area contributed by atoms with Gasteiger partial charge in [-0.05, 0) is 30.5 Å². The van der Waals surface area contributed by atoms with Gasteiger partial charge in [-0.2, -0.15) is 0 Å². The Hall–Kier alpha value is -1.46. The fraction of sp³-hybridized carbons (Fsp3) is 0.385. The Kier molecular flexibility index (Phi) is 4.17. The van der Waals surface area contributed by atoms with Gasteiger partial charge in [0.2, 0.25) is 0 Å². The number of benzene rings is 1. The predicted molar refractivity (Wildman–Crippen MR) is 70.8 cm³/mol. The third-order valence-corrected chi connectivity index (χ3v) is 3.03. The van der Waals surface area contributed by atoms with Crippen molar-refractivity contribution in [1.29, 1.82) is 0 Å². The maximum atomic E-state index is 13.2. The van der Waals surface area contributed by atoms with Gasteiger partial charge in [0.15, 0.2) is 0 Å². The normalized spacial score (nSPS) is 11.3. The van der Waals surface area contributed by atoms with E-state index in [1.807, 2.05) is 0 Å². The summed E-state index contributed by atoms with van der Waals surface area (Å²) in [6.07, 6.45) is 0.720.